The highest BCUT2D eigenvalue weighted by molar-refractivity contribution is 6.32. The first-order valence-electron chi connectivity index (χ1n) is 14.2. The molecule has 306 valence electrons. The van der Waals surface area contributed by atoms with Crippen molar-refractivity contribution in [1.82, 2.24) is 25.5 Å². The van der Waals surface area contributed by atoms with Gasteiger partial charge in [0.2, 0.25) is 0 Å². The van der Waals surface area contributed by atoms with Gasteiger partial charge in [-0.2, -0.15) is 39.5 Å². The number of ketones is 1. The molecule has 0 spiro atoms. The number of rotatable bonds is 3. The molecule has 0 saturated carbocycles. The zero-order valence-electron chi connectivity index (χ0n) is 27.9. The second-order valence-electron chi connectivity index (χ2n) is 10.4. The van der Waals surface area contributed by atoms with Crippen molar-refractivity contribution < 1.29 is 59.3 Å². The number of nitrogen functional groups attached to an aromatic ring is 1. The van der Waals surface area contributed by atoms with Crippen molar-refractivity contribution in [1.29, 1.82) is 0 Å². The summed E-state index contributed by atoms with van der Waals surface area (Å²) in [6.45, 7) is 3.37. The number of hydrogen-bond donors (Lipinski definition) is 2. The van der Waals surface area contributed by atoms with E-state index in [1.807, 2.05) is 0 Å². The van der Waals surface area contributed by atoms with E-state index in [-0.39, 0.29) is 67.8 Å². The molecular weight excluding hydrogens is 873 g/mol. The minimum Gasteiger partial charge on any atom is -0.465 e. The standard InChI is InChI=1S/C12H9Cl2F3N2O.C6H2Cl2F3N.C6H4ClF3N2.C6H8O3.H3N.H2O/c1-6-8(2-3-13)11(20)19-9(14)4-7(12(15,16)17)5-10(19)18-6;7-4-1-3(6(9,10)11)2-5(8)12-4;7-4-1-3(6(8,9)10)2-5(11)12-4;1-4(7)5-2-3-9-6(5)8;;/h4-5H,2-3H2,1H3;1-2H;1-2H,(H2,11,12);5H,2-3H2,1H3;1H3;1H2. The molecule has 0 amide bonds. The van der Waals surface area contributed by atoms with Crippen LogP contribution in [0.1, 0.15) is 41.3 Å². The Bertz CT molecular complexity index is 1910. The van der Waals surface area contributed by atoms with Gasteiger partial charge in [-0.15, -0.1) is 11.6 Å². The van der Waals surface area contributed by atoms with E-state index in [4.69, 9.17) is 63.7 Å². The van der Waals surface area contributed by atoms with Crippen LogP contribution in [0.2, 0.25) is 20.6 Å². The zero-order chi connectivity index (χ0) is 40.6. The lowest BCUT2D eigenvalue weighted by molar-refractivity contribution is -0.144. The number of fused-ring (bicyclic) bond motifs is 1. The summed E-state index contributed by atoms with van der Waals surface area (Å²) in [5.74, 6) is -0.943. The van der Waals surface area contributed by atoms with Crippen LogP contribution in [-0.2, 0) is 39.3 Å². The van der Waals surface area contributed by atoms with Gasteiger partial charge in [-0.05, 0) is 56.7 Å². The van der Waals surface area contributed by atoms with Gasteiger partial charge < -0.3 is 22.1 Å². The molecule has 1 aliphatic heterocycles. The monoisotopic (exact) mass is 898 g/mol. The fourth-order valence-corrected chi connectivity index (χ4v) is 5.23. The second-order valence-corrected chi connectivity index (χ2v) is 12.3. The molecule has 5 rings (SSSR count). The SMILES string of the molecule is CC(=O)C1CCOC1=O.Cc1nc2cc(C(F)(F)F)cc(Cl)n2c(=O)c1CCCl.FC(F)(F)c1cc(Cl)nc(Cl)c1.N.Nc1cc(C(F)(F)F)cc(Cl)n1.O. The Labute approximate surface area is 329 Å². The van der Waals surface area contributed by atoms with Crippen molar-refractivity contribution in [3.63, 3.8) is 0 Å². The highest BCUT2D eigenvalue weighted by Crippen LogP contribution is 2.33. The van der Waals surface area contributed by atoms with Gasteiger partial charge >= 0.3 is 24.5 Å². The average Bonchev–Trinajstić information content (AvgIpc) is 3.44. The van der Waals surface area contributed by atoms with E-state index in [9.17, 15) is 53.9 Å². The predicted molar refractivity (Wildman–Crippen MR) is 187 cm³/mol. The molecule has 0 aliphatic carbocycles. The molecule has 4 aromatic rings. The molecule has 1 aliphatic rings. The number of nitrogens with two attached hydrogens (primary N) is 1. The third kappa shape index (κ3) is 15.4. The lowest BCUT2D eigenvalue weighted by Crippen LogP contribution is -2.23. The van der Waals surface area contributed by atoms with E-state index in [1.54, 1.807) is 6.92 Å². The van der Waals surface area contributed by atoms with E-state index >= 15 is 0 Å². The third-order valence-corrected chi connectivity index (χ3v) is 7.56. The molecule has 7 N–H and O–H groups in total. The normalized spacial score (nSPS) is 13.7. The summed E-state index contributed by atoms with van der Waals surface area (Å²) in [6.07, 6.45) is -12.6. The van der Waals surface area contributed by atoms with E-state index < -0.39 is 46.7 Å². The number of alkyl halides is 10. The number of anilines is 1. The maximum atomic E-state index is 12.7. The first-order chi connectivity index (χ1) is 24.3. The Morgan fingerprint density at radius 2 is 1.27 bits per heavy atom. The van der Waals surface area contributed by atoms with E-state index in [0.29, 0.717) is 42.5 Å². The van der Waals surface area contributed by atoms with Gasteiger partial charge in [0, 0.05) is 23.6 Å². The number of nitrogens with zero attached hydrogens (tertiary/aromatic N) is 4. The minimum absolute atomic E-state index is 0. The number of pyridine rings is 3. The Morgan fingerprint density at radius 3 is 1.65 bits per heavy atom. The summed E-state index contributed by atoms with van der Waals surface area (Å²) >= 11 is 27.2. The van der Waals surface area contributed by atoms with Crippen molar-refractivity contribution in [3.05, 3.63) is 95.3 Å². The van der Waals surface area contributed by atoms with Crippen molar-refractivity contribution in [2.45, 2.75) is 45.2 Å². The maximum absolute atomic E-state index is 12.7. The van der Waals surface area contributed by atoms with Gasteiger partial charge in [-0.1, -0.05) is 46.4 Å². The van der Waals surface area contributed by atoms with Crippen LogP contribution >= 0.6 is 58.0 Å². The topological polar surface area (TPSA) is 196 Å². The van der Waals surface area contributed by atoms with Gasteiger partial charge in [-0.25, -0.2) is 15.0 Å². The zero-order valence-corrected chi connectivity index (χ0v) is 31.6. The van der Waals surface area contributed by atoms with Crippen LogP contribution in [0.25, 0.3) is 5.65 Å². The number of halogens is 14. The van der Waals surface area contributed by atoms with Crippen LogP contribution in [0, 0.1) is 12.8 Å². The molecule has 5 heterocycles. The van der Waals surface area contributed by atoms with Crippen LogP contribution < -0.4 is 17.4 Å². The van der Waals surface area contributed by atoms with E-state index in [2.05, 4.69) is 19.7 Å². The van der Waals surface area contributed by atoms with E-state index in [0.717, 1.165) is 22.6 Å². The summed E-state index contributed by atoms with van der Waals surface area (Å²) in [4.78, 5) is 44.1. The molecule has 1 atom stereocenters. The average molecular weight is 901 g/mol. The van der Waals surface area contributed by atoms with Gasteiger partial charge in [0.15, 0.2) is 0 Å². The largest absolute Gasteiger partial charge is 0.465 e. The number of aromatic nitrogens is 4. The lowest BCUT2D eigenvalue weighted by Gasteiger charge is -2.12. The molecular formula is C30H28Cl5F9N6O5. The van der Waals surface area contributed by atoms with Crippen molar-refractivity contribution in [2.24, 2.45) is 5.92 Å². The second kappa shape index (κ2) is 21.0. The maximum Gasteiger partial charge on any atom is 0.416 e. The van der Waals surface area contributed by atoms with Gasteiger partial charge in [-0.3, -0.25) is 18.8 Å². The number of carbonyl (C=O) groups is 2. The third-order valence-electron chi connectivity index (χ3n) is 6.51. The Morgan fingerprint density at radius 1 is 0.818 bits per heavy atom. The molecule has 1 unspecified atom stereocenters. The fourth-order valence-electron chi connectivity index (χ4n) is 4.08. The number of ether oxygens (including phenoxy) is 1. The van der Waals surface area contributed by atoms with Crippen molar-refractivity contribution in [3.8, 4) is 0 Å². The quantitative estimate of drug-likeness (QED) is 0.0665. The summed E-state index contributed by atoms with van der Waals surface area (Å²) in [5.41, 5.74) is 2.40. The highest BCUT2D eigenvalue weighted by Gasteiger charge is 2.33. The predicted octanol–water partition coefficient (Wildman–Crippen LogP) is 8.68. The van der Waals surface area contributed by atoms with Crippen molar-refractivity contribution in [2.75, 3.05) is 18.2 Å². The van der Waals surface area contributed by atoms with Crippen LogP contribution in [0.5, 0.6) is 0 Å². The molecule has 1 fully saturated rings. The fraction of sp³-hybridized carbons (Fsp3) is 0.333. The summed E-state index contributed by atoms with van der Waals surface area (Å²) in [7, 11) is 0. The number of hydrogen-bond acceptors (Lipinski definition) is 9. The number of aryl methyl sites for hydroxylation is 1. The van der Waals surface area contributed by atoms with Crippen LogP contribution in [-0.4, -0.2) is 49.1 Å². The first-order valence-corrected chi connectivity index (χ1v) is 16.2. The molecule has 1 saturated heterocycles. The molecule has 0 aromatic carbocycles. The Balaban J connectivity index is 0.000000731. The van der Waals surface area contributed by atoms with E-state index in [1.165, 1.54) is 6.92 Å². The van der Waals surface area contributed by atoms with Crippen molar-refractivity contribution >= 4 is 81.2 Å². The minimum atomic E-state index is -4.55. The van der Waals surface area contributed by atoms with Gasteiger partial charge in [0.1, 0.15) is 43.8 Å². The number of cyclic esters (lactones) is 1. The smallest absolute Gasteiger partial charge is 0.416 e. The van der Waals surface area contributed by atoms with Crippen LogP contribution in [0.3, 0.4) is 0 Å². The number of carbonyl (C=O) groups excluding carboxylic acids is 2. The molecule has 55 heavy (non-hydrogen) atoms. The summed E-state index contributed by atoms with van der Waals surface area (Å²) in [5, 5.41) is -1.13. The molecule has 0 bridgehead atoms. The summed E-state index contributed by atoms with van der Waals surface area (Å²) < 4.78 is 116. The molecule has 0 radical (unpaired) electrons. The Hall–Kier alpha value is -3.66. The highest BCUT2D eigenvalue weighted by atomic mass is 35.5. The lowest BCUT2D eigenvalue weighted by atomic mass is 10.1. The molecule has 11 nitrogen and oxygen atoms in total. The number of Topliss-reactive ketones (excluding diaryl/α,β-unsaturated/α-hetero) is 1. The number of esters is 1. The molecule has 25 heteroatoms. The van der Waals surface area contributed by atoms with Crippen LogP contribution in [0.15, 0.2) is 41.2 Å². The van der Waals surface area contributed by atoms with Gasteiger partial charge in [0.25, 0.3) is 5.56 Å². The van der Waals surface area contributed by atoms with Crippen LogP contribution in [0.4, 0.5) is 45.3 Å². The van der Waals surface area contributed by atoms with Gasteiger partial charge in [0.05, 0.1) is 23.3 Å². The first kappa shape index (κ1) is 51.3. The molecule has 4 aromatic heterocycles. The Kier molecular flexibility index (Phi) is 19.6. The summed E-state index contributed by atoms with van der Waals surface area (Å²) in [6, 6.07) is 4.38.